The molecule has 1 heteroatoms. The molecular weight excluding hydrogens is 295 g/mol. The molecule has 0 N–H and O–H groups in total. The quantitative estimate of drug-likeness (QED) is 0.401. The van der Waals surface area contributed by atoms with Crippen molar-refractivity contribution in [3.63, 3.8) is 0 Å². The third kappa shape index (κ3) is 4.85. The number of hydrogen-bond acceptors (Lipinski definition) is 0. The molecule has 0 atom stereocenters. The van der Waals surface area contributed by atoms with Gasteiger partial charge in [-0.3, -0.25) is 0 Å². The Kier molecular flexibility index (Phi) is 7.69. The van der Waals surface area contributed by atoms with Gasteiger partial charge in [0.1, 0.15) is 0 Å². The smallest absolute Gasteiger partial charge is 0.0205 e. The largest absolute Gasteiger partial charge is 0.0782 e. The number of unbranched alkanes of at least 4 members (excludes halogenated alkanes) is 4. The lowest BCUT2D eigenvalue weighted by Crippen LogP contribution is -2.20. The standard InChI is InChI=1S/C22H31P/c1-3-5-13-19-23(20-14-6-4-2,21-15-9-7-10-16-21)22-17-11-8-12-18-22/h7-12,15-19H,3-6,13-14,20H2,1-2H3. The zero-order valence-corrected chi connectivity index (χ0v) is 15.6. The summed E-state index contributed by atoms with van der Waals surface area (Å²) >= 11 is 0. The Morgan fingerprint density at radius 3 is 1.70 bits per heavy atom. The second kappa shape index (κ2) is 9.78. The molecule has 0 aliphatic carbocycles. The summed E-state index contributed by atoms with van der Waals surface area (Å²) in [6.45, 7) is 3.20. The maximum absolute atomic E-state index is 2.71. The Hall–Kier alpha value is -1.26. The first-order chi connectivity index (χ1) is 11.3. The molecule has 124 valence electrons. The maximum atomic E-state index is 2.71. The van der Waals surface area contributed by atoms with Crippen LogP contribution in [-0.4, -0.2) is 12.0 Å². The average molecular weight is 326 g/mol. The van der Waals surface area contributed by atoms with E-state index in [1.165, 1.54) is 44.7 Å². The van der Waals surface area contributed by atoms with Gasteiger partial charge in [0.25, 0.3) is 0 Å². The van der Waals surface area contributed by atoms with Gasteiger partial charge in [-0.2, -0.15) is 0 Å². The third-order valence-electron chi connectivity index (χ3n) is 4.55. The topological polar surface area (TPSA) is 0 Å². The first-order valence-corrected chi connectivity index (χ1v) is 11.2. The van der Waals surface area contributed by atoms with Gasteiger partial charge < -0.3 is 0 Å². The Morgan fingerprint density at radius 2 is 1.22 bits per heavy atom. The molecule has 2 rings (SSSR count). The van der Waals surface area contributed by atoms with Gasteiger partial charge in [0.2, 0.25) is 0 Å². The van der Waals surface area contributed by atoms with E-state index < -0.39 is 6.89 Å². The molecule has 0 aliphatic rings. The van der Waals surface area contributed by atoms with Gasteiger partial charge in [0, 0.05) is 0 Å². The van der Waals surface area contributed by atoms with E-state index in [-0.39, 0.29) is 0 Å². The summed E-state index contributed by atoms with van der Waals surface area (Å²) in [4.78, 5) is 0. The van der Waals surface area contributed by atoms with Crippen LogP contribution in [0.1, 0.15) is 52.4 Å². The predicted molar refractivity (Wildman–Crippen MR) is 109 cm³/mol. The fourth-order valence-electron chi connectivity index (χ4n) is 3.22. The van der Waals surface area contributed by atoms with E-state index >= 15 is 0 Å². The van der Waals surface area contributed by atoms with E-state index in [9.17, 15) is 0 Å². The van der Waals surface area contributed by atoms with Gasteiger partial charge in [-0.15, -0.1) is 0 Å². The van der Waals surface area contributed by atoms with Crippen LogP contribution in [0.15, 0.2) is 60.7 Å². The highest BCUT2D eigenvalue weighted by Crippen LogP contribution is 2.46. The molecular formula is C22H31P. The molecule has 2 aromatic rings. The molecule has 0 spiro atoms. The first-order valence-electron chi connectivity index (χ1n) is 9.17. The normalized spacial score (nSPS) is 11.4. The molecule has 0 unspecified atom stereocenters. The van der Waals surface area contributed by atoms with Crippen molar-refractivity contribution in [1.82, 2.24) is 0 Å². The first kappa shape index (κ1) is 18.1. The molecule has 0 radical (unpaired) electrons. The van der Waals surface area contributed by atoms with Crippen molar-refractivity contribution in [3.8, 4) is 0 Å². The minimum absolute atomic E-state index is 1.24. The van der Waals surface area contributed by atoms with Gasteiger partial charge in [-0.1, -0.05) is 113 Å². The highest BCUT2D eigenvalue weighted by atomic mass is 31.2. The van der Waals surface area contributed by atoms with Crippen molar-refractivity contribution in [1.29, 1.82) is 0 Å². The molecule has 0 fully saturated rings. The van der Waals surface area contributed by atoms with E-state index in [1.807, 2.05) is 0 Å². The van der Waals surface area contributed by atoms with E-state index in [0.29, 0.717) is 0 Å². The van der Waals surface area contributed by atoms with Crippen molar-refractivity contribution < 1.29 is 0 Å². The third-order valence-corrected chi connectivity index (χ3v) is 8.89. The van der Waals surface area contributed by atoms with Crippen LogP contribution in [-0.2, 0) is 0 Å². The van der Waals surface area contributed by atoms with Crippen LogP contribution in [0.4, 0.5) is 0 Å². The second-order valence-electron chi connectivity index (χ2n) is 6.30. The summed E-state index contributed by atoms with van der Waals surface area (Å²) in [6.07, 6.45) is 9.08. The molecule has 0 saturated carbocycles. The molecule has 0 aliphatic heterocycles. The van der Waals surface area contributed by atoms with Gasteiger partial charge in [0.05, 0.1) is 0 Å². The molecule has 0 saturated heterocycles. The summed E-state index contributed by atoms with van der Waals surface area (Å²) in [5, 5.41) is 3.11. The van der Waals surface area contributed by atoms with Crippen LogP contribution >= 0.6 is 6.89 Å². The zero-order valence-electron chi connectivity index (χ0n) is 14.7. The maximum Gasteiger partial charge on any atom is -0.0205 e. The fraction of sp³-hybridized carbons (Fsp3) is 0.409. The minimum atomic E-state index is -1.39. The van der Waals surface area contributed by atoms with E-state index in [0.717, 1.165) is 0 Å². The Bertz CT molecular complexity index is 555. The number of benzene rings is 2. The molecule has 0 nitrogen and oxygen atoms in total. The van der Waals surface area contributed by atoms with E-state index in [1.54, 1.807) is 10.6 Å². The average Bonchev–Trinajstić information content (AvgIpc) is 2.62. The highest BCUT2D eigenvalue weighted by Gasteiger charge is 2.21. The van der Waals surface area contributed by atoms with Crippen molar-refractivity contribution in [2.24, 2.45) is 0 Å². The predicted octanol–water partition coefficient (Wildman–Crippen LogP) is 5.84. The Morgan fingerprint density at radius 1 is 0.696 bits per heavy atom. The van der Waals surface area contributed by atoms with Crippen LogP contribution in [0.3, 0.4) is 0 Å². The monoisotopic (exact) mass is 326 g/mol. The van der Waals surface area contributed by atoms with Gasteiger partial charge in [-0.05, 0) is 29.6 Å². The van der Waals surface area contributed by atoms with Crippen molar-refractivity contribution in [2.45, 2.75) is 52.4 Å². The minimum Gasteiger partial charge on any atom is -0.0782 e. The number of hydrogen-bond donors (Lipinski definition) is 0. The summed E-state index contributed by atoms with van der Waals surface area (Å²) < 4.78 is 0. The van der Waals surface area contributed by atoms with Crippen molar-refractivity contribution in [3.05, 3.63) is 60.7 Å². The van der Waals surface area contributed by atoms with Gasteiger partial charge in [-0.25, -0.2) is 0 Å². The van der Waals surface area contributed by atoms with Crippen LogP contribution < -0.4 is 10.6 Å². The van der Waals surface area contributed by atoms with Crippen molar-refractivity contribution in [2.75, 3.05) is 6.16 Å². The summed E-state index contributed by atoms with van der Waals surface area (Å²) in [7, 11) is 0. The van der Waals surface area contributed by atoms with Gasteiger partial charge in [0.15, 0.2) is 0 Å². The van der Waals surface area contributed by atoms with Crippen LogP contribution in [0.2, 0.25) is 0 Å². The molecule has 2 aromatic carbocycles. The molecule has 0 heterocycles. The molecule has 0 aromatic heterocycles. The summed E-state index contributed by atoms with van der Waals surface area (Å²) in [5.74, 6) is 2.71. The van der Waals surface area contributed by atoms with Crippen LogP contribution in [0.25, 0.3) is 0 Å². The number of rotatable bonds is 9. The van der Waals surface area contributed by atoms with Crippen LogP contribution in [0, 0.1) is 0 Å². The SMILES string of the molecule is CCCCC=P(CCCCC)(c1ccccc1)c1ccccc1. The fourth-order valence-corrected chi connectivity index (χ4v) is 7.40. The lowest BCUT2D eigenvalue weighted by atomic mass is 10.3. The second-order valence-corrected chi connectivity index (χ2v) is 9.88. The van der Waals surface area contributed by atoms with Crippen LogP contribution in [0.5, 0.6) is 0 Å². The molecule has 0 bridgehead atoms. The summed E-state index contributed by atoms with van der Waals surface area (Å²) in [6, 6.07) is 22.5. The van der Waals surface area contributed by atoms with Gasteiger partial charge >= 0.3 is 0 Å². The van der Waals surface area contributed by atoms with Crippen molar-refractivity contribution >= 4 is 23.3 Å². The lowest BCUT2D eigenvalue weighted by molar-refractivity contribution is 0.776. The van der Waals surface area contributed by atoms with E-state index in [4.69, 9.17) is 0 Å². The Labute approximate surface area is 142 Å². The summed E-state index contributed by atoms with van der Waals surface area (Å²) in [5.41, 5.74) is 0. The molecule has 23 heavy (non-hydrogen) atoms. The highest BCUT2D eigenvalue weighted by molar-refractivity contribution is 7.88. The zero-order chi connectivity index (χ0) is 16.4. The Balaban J connectivity index is 2.51. The lowest BCUT2D eigenvalue weighted by Gasteiger charge is -2.28. The van der Waals surface area contributed by atoms with E-state index in [2.05, 4.69) is 80.3 Å². The molecule has 0 amide bonds.